The molecule has 108 valence electrons. The zero-order valence-electron chi connectivity index (χ0n) is 11.7. The van der Waals surface area contributed by atoms with Crippen molar-refractivity contribution >= 4 is 23.1 Å². The third-order valence-corrected chi connectivity index (χ3v) is 4.86. The number of rotatable bonds is 6. The van der Waals surface area contributed by atoms with Gasteiger partial charge >= 0.3 is 0 Å². The maximum Gasteiger partial charge on any atom is 0.237 e. The van der Waals surface area contributed by atoms with E-state index in [1.54, 1.807) is 23.1 Å². The molecular weight excluding hydrogens is 302 g/mol. The Morgan fingerprint density at radius 3 is 2.86 bits per heavy atom. The van der Waals surface area contributed by atoms with E-state index in [1.165, 1.54) is 0 Å². The molecule has 0 aliphatic rings. The van der Waals surface area contributed by atoms with Crippen LogP contribution in [0.15, 0.2) is 44.6 Å². The van der Waals surface area contributed by atoms with Crippen LogP contribution in [-0.4, -0.2) is 15.1 Å². The van der Waals surface area contributed by atoms with E-state index in [-0.39, 0.29) is 0 Å². The summed E-state index contributed by atoms with van der Waals surface area (Å²) in [6.45, 7) is 2.10. The second kappa shape index (κ2) is 6.87. The van der Waals surface area contributed by atoms with Crippen LogP contribution < -0.4 is 0 Å². The molecule has 0 N–H and O–H groups in total. The zero-order chi connectivity index (χ0) is 14.5. The minimum absolute atomic E-state index is 0.665. The van der Waals surface area contributed by atoms with E-state index in [9.17, 15) is 0 Å². The predicted molar refractivity (Wildman–Crippen MR) is 85.4 cm³/mol. The van der Waals surface area contributed by atoms with Crippen molar-refractivity contribution in [3.05, 3.63) is 47.4 Å². The summed E-state index contributed by atoms with van der Waals surface area (Å²) in [4.78, 5) is 8.99. The first-order chi connectivity index (χ1) is 10.3. The Bertz CT molecular complexity index is 694. The molecule has 21 heavy (non-hydrogen) atoms. The van der Waals surface area contributed by atoms with Crippen LogP contribution in [0.3, 0.4) is 0 Å². The van der Waals surface area contributed by atoms with Crippen molar-refractivity contribution in [1.29, 1.82) is 0 Å². The van der Waals surface area contributed by atoms with Gasteiger partial charge in [-0.3, -0.25) is 0 Å². The van der Waals surface area contributed by atoms with Crippen molar-refractivity contribution < 1.29 is 4.52 Å². The fourth-order valence-corrected chi connectivity index (χ4v) is 3.54. The van der Waals surface area contributed by atoms with Crippen LogP contribution in [0.4, 0.5) is 0 Å². The summed E-state index contributed by atoms with van der Waals surface area (Å²) >= 11 is 3.27. The van der Waals surface area contributed by atoms with Crippen molar-refractivity contribution in [2.75, 3.05) is 0 Å². The highest BCUT2D eigenvalue weighted by Gasteiger charge is 2.09. The first-order valence-electron chi connectivity index (χ1n) is 6.80. The first kappa shape index (κ1) is 14.3. The fraction of sp³-hybridized carbons (Fsp3) is 0.267. The van der Waals surface area contributed by atoms with Gasteiger partial charge in [-0.05, 0) is 6.42 Å². The molecule has 4 nitrogen and oxygen atoms in total. The van der Waals surface area contributed by atoms with E-state index < -0.39 is 0 Å². The van der Waals surface area contributed by atoms with Gasteiger partial charge in [-0.2, -0.15) is 4.98 Å². The van der Waals surface area contributed by atoms with Crippen molar-refractivity contribution in [3.8, 4) is 11.3 Å². The number of hydrogen-bond acceptors (Lipinski definition) is 6. The zero-order valence-corrected chi connectivity index (χ0v) is 13.3. The van der Waals surface area contributed by atoms with E-state index in [1.807, 2.05) is 18.2 Å². The fourth-order valence-electron chi connectivity index (χ4n) is 1.86. The number of aryl methyl sites for hydroxylation is 1. The molecule has 0 fully saturated rings. The number of benzene rings is 1. The van der Waals surface area contributed by atoms with Crippen molar-refractivity contribution in [2.45, 2.75) is 29.9 Å². The van der Waals surface area contributed by atoms with E-state index in [4.69, 9.17) is 4.52 Å². The van der Waals surface area contributed by atoms with Gasteiger partial charge in [-0.1, -0.05) is 54.2 Å². The molecule has 0 saturated heterocycles. The summed E-state index contributed by atoms with van der Waals surface area (Å²) in [5.41, 5.74) is 2.16. The van der Waals surface area contributed by atoms with E-state index in [2.05, 4.69) is 39.6 Å². The van der Waals surface area contributed by atoms with Crippen molar-refractivity contribution in [1.82, 2.24) is 15.1 Å². The number of aromatic nitrogens is 3. The first-order valence-corrected chi connectivity index (χ1v) is 8.67. The van der Waals surface area contributed by atoms with Crippen LogP contribution in [0.2, 0.25) is 0 Å². The summed E-state index contributed by atoms with van der Waals surface area (Å²) in [5.74, 6) is 2.12. The monoisotopic (exact) mass is 317 g/mol. The van der Waals surface area contributed by atoms with E-state index >= 15 is 0 Å². The van der Waals surface area contributed by atoms with Crippen LogP contribution in [0, 0.1) is 0 Å². The quantitative estimate of drug-likeness (QED) is 0.629. The Hall–Kier alpha value is -1.66. The number of thioether (sulfide) groups is 1. The van der Waals surface area contributed by atoms with Crippen LogP contribution in [0.5, 0.6) is 0 Å². The van der Waals surface area contributed by atoms with Gasteiger partial charge in [-0.25, -0.2) is 4.98 Å². The molecule has 0 saturated carbocycles. The van der Waals surface area contributed by atoms with Gasteiger partial charge in [0.25, 0.3) is 0 Å². The molecular formula is C15H15N3OS2. The number of nitrogens with zero attached hydrogens (tertiary/aromatic N) is 3. The maximum absolute atomic E-state index is 5.23. The molecule has 2 aromatic heterocycles. The summed E-state index contributed by atoms with van der Waals surface area (Å²) < 4.78 is 6.24. The van der Waals surface area contributed by atoms with Gasteiger partial charge in [0.05, 0.1) is 11.4 Å². The lowest BCUT2D eigenvalue weighted by atomic mass is 10.2. The smallest absolute Gasteiger partial charge is 0.237 e. The highest BCUT2D eigenvalue weighted by Crippen LogP contribution is 2.29. The molecule has 0 aliphatic carbocycles. The minimum Gasteiger partial charge on any atom is -0.338 e. The molecule has 6 heteroatoms. The lowest BCUT2D eigenvalue weighted by Crippen LogP contribution is -1.86. The summed E-state index contributed by atoms with van der Waals surface area (Å²) in [6.07, 6.45) is 1.89. The highest BCUT2D eigenvalue weighted by molar-refractivity contribution is 8.00. The Balaban J connectivity index is 1.62. The van der Waals surface area contributed by atoms with Crippen LogP contribution >= 0.6 is 23.1 Å². The summed E-state index contributed by atoms with van der Waals surface area (Å²) in [6, 6.07) is 10.2. The second-order valence-electron chi connectivity index (χ2n) is 4.51. The number of thiazole rings is 1. The van der Waals surface area contributed by atoms with Gasteiger partial charge in [0.15, 0.2) is 10.2 Å². The normalized spacial score (nSPS) is 10.9. The SMILES string of the molecule is CCCc1noc(CSc2nc(-c3ccccc3)cs2)n1. The minimum atomic E-state index is 0.665. The second-order valence-corrected chi connectivity index (χ2v) is 6.59. The van der Waals surface area contributed by atoms with Gasteiger partial charge in [-0.15, -0.1) is 11.3 Å². The number of hydrogen-bond donors (Lipinski definition) is 0. The third-order valence-electron chi connectivity index (χ3n) is 2.86. The molecule has 3 rings (SSSR count). The predicted octanol–water partition coefficient (Wildman–Crippen LogP) is 4.44. The maximum atomic E-state index is 5.23. The van der Waals surface area contributed by atoms with Crippen LogP contribution in [-0.2, 0) is 12.2 Å². The largest absolute Gasteiger partial charge is 0.338 e. The summed E-state index contributed by atoms with van der Waals surface area (Å²) in [7, 11) is 0. The van der Waals surface area contributed by atoms with Crippen molar-refractivity contribution in [3.63, 3.8) is 0 Å². The molecule has 0 aliphatic heterocycles. The molecule has 0 atom stereocenters. The Labute approximate surface area is 131 Å². The van der Waals surface area contributed by atoms with E-state index in [0.29, 0.717) is 11.6 Å². The van der Waals surface area contributed by atoms with Gasteiger partial charge < -0.3 is 4.52 Å². The lowest BCUT2D eigenvalue weighted by Gasteiger charge is -1.94. The van der Waals surface area contributed by atoms with Gasteiger partial charge in [0.1, 0.15) is 0 Å². The van der Waals surface area contributed by atoms with Crippen molar-refractivity contribution in [2.24, 2.45) is 0 Å². The molecule has 0 bridgehead atoms. The average molecular weight is 317 g/mol. The molecule has 0 radical (unpaired) electrons. The Kier molecular flexibility index (Phi) is 4.67. The van der Waals surface area contributed by atoms with Gasteiger partial charge in [0, 0.05) is 17.4 Å². The molecule has 1 aromatic carbocycles. The molecule has 2 heterocycles. The lowest BCUT2D eigenvalue weighted by molar-refractivity contribution is 0.384. The Morgan fingerprint density at radius 1 is 1.19 bits per heavy atom. The summed E-state index contributed by atoms with van der Waals surface area (Å²) in [5, 5.41) is 6.03. The molecule has 0 amide bonds. The highest BCUT2D eigenvalue weighted by atomic mass is 32.2. The topological polar surface area (TPSA) is 51.8 Å². The molecule has 3 aromatic rings. The average Bonchev–Trinajstić information content (AvgIpc) is 3.16. The third kappa shape index (κ3) is 3.71. The van der Waals surface area contributed by atoms with Crippen LogP contribution in [0.1, 0.15) is 25.1 Å². The molecule has 0 unspecified atom stereocenters. The van der Waals surface area contributed by atoms with E-state index in [0.717, 1.165) is 34.3 Å². The standard InChI is InChI=1S/C15H15N3OS2/c1-2-6-13-17-14(19-18-13)10-21-15-16-12(9-20-15)11-7-4-3-5-8-11/h3-5,7-9H,2,6,10H2,1H3. The van der Waals surface area contributed by atoms with Gasteiger partial charge in [0.2, 0.25) is 5.89 Å². The van der Waals surface area contributed by atoms with Crippen LogP contribution in [0.25, 0.3) is 11.3 Å². The Morgan fingerprint density at radius 2 is 2.05 bits per heavy atom. The molecule has 0 spiro atoms.